The van der Waals surface area contributed by atoms with Crippen molar-refractivity contribution in [2.45, 2.75) is 32.9 Å². The number of aryl methyl sites for hydroxylation is 2. The van der Waals surface area contributed by atoms with Crippen LogP contribution in [-0.2, 0) is 6.54 Å². The predicted molar refractivity (Wildman–Crippen MR) is 88.3 cm³/mol. The number of hydrazine groups is 1. The van der Waals surface area contributed by atoms with Crippen molar-refractivity contribution >= 4 is 31.9 Å². The fraction of sp³-hybridized carbons (Fsp3) is 0.357. The third kappa shape index (κ3) is 3.31. The van der Waals surface area contributed by atoms with Crippen LogP contribution >= 0.6 is 31.9 Å². The molecule has 0 amide bonds. The van der Waals surface area contributed by atoms with Crippen LogP contribution in [0.3, 0.4) is 0 Å². The highest BCUT2D eigenvalue weighted by Crippen LogP contribution is 2.30. The van der Waals surface area contributed by atoms with Crippen molar-refractivity contribution in [1.82, 2.24) is 15.2 Å². The molecule has 1 aromatic carbocycles. The van der Waals surface area contributed by atoms with E-state index in [9.17, 15) is 0 Å². The molecule has 0 spiro atoms. The topological polar surface area (TPSA) is 55.9 Å². The maximum Gasteiger partial charge on any atom is 0.0890 e. The fourth-order valence-electron chi connectivity index (χ4n) is 2.31. The minimum Gasteiger partial charge on any atom is -0.271 e. The molecule has 3 N–H and O–H groups in total. The summed E-state index contributed by atoms with van der Waals surface area (Å²) in [4.78, 5) is 0. The van der Waals surface area contributed by atoms with Crippen molar-refractivity contribution in [3.05, 3.63) is 50.2 Å². The molecule has 0 saturated heterocycles. The third-order valence-corrected chi connectivity index (χ3v) is 4.18. The third-order valence-electron chi connectivity index (χ3n) is 3.11. The van der Waals surface area contributed by atoms with Gasteiger partial charge in [0, 0.05) is 11.0 Å². The Morgan fingerprint density at radius 3 is 2.70 bits per heavy atom. The number of aromatic nitrogens is 2. The highest BCUT2D eigenvalue weighted by atomic mass is 79.9. The van der Waals surface area contributed by atoms with Crippen molar-refractivity contribution in [3.8, 4) is 0 Å². The lowest BCUT2D eigenvalue weighted by atomic mass is 10.0. The van der Waals surface area contributed by atoms with E-state index in [2.05, 4.69) is 74.4 Å². The van der Waals surface area contributed by atoms with Crippen LogP contribution in [0.15, 0.2) is 33.3 Å². The van der Waals surface area contributed by atoms with Gasteiger partial charge in [-0.15, -0.1) is 0 Å². The highest BCUT2D eigenvalue weighted by Gasteiger charge is 2.21. The molecule has 1 atom stereocenters. The average Bonchev–Trinajstić information content (AvgIpc) is 2.72. The van der Waals surface area contributed by atoms with Gasteiger partial charge in [-0.2, -0.15) is 5.10 Å². The first-order chi connectivity index (χ1) is 9.56. The monoisotopic (exact) mass is 400 g/mol. The van der Waals surface area contributed by atoms with Crippen LogP contribution in [0.1, 0.15) is 36.2 Å². The highest BCUT2D eigenvalue weighted by molar-refractivity contribution is 9.10. The van der Waals surface area contributed by atoms with E-state index in [0.717, 1.165) is 33.2 Å². The minimum atomic E-state index is -0.102. The molecule has 1 aromatic heterocycles. The lowest BCUT2D eigenvalue weighted by Crippen LogP contribution is -2.31. The molecular weight excluding hydrogens is 384 g/mol. The van der Waals surface area contributed by atoms with E-state index in [1.807, 2.05) is 10.9 Å². The van der Waals surface area contributed by atoms with Gasteiger partial charge in [-0.05, 0) is 52.5 Å². The van der Waals surface area contributed by atoms with Gasteiger partial charge in [0.2, 0.25) is 0 Å². The van der Waals surface area contributed by atoms with Crippen molar-refractivity contribution < 1.29 is 0 Å². The lowest BCUT2D eigenvalue weighted by Gasteiger charge is -2.19. The van der Waals surface area contributed by atoms with E-state index in [0.29, 0.717) is 0 Å². The molecule has 20 heavy (non-hydrogen) atoms. The molecule has 6 heteroatoms. The Hall–Kier alpha value is -0.690. The maximum atomic E-state index is 5.80. The van der Waals surface area contributed by atoms with E-state index in [1.54, 1.807) is 0 Å². The fourth-order valence-corrected chi connectivity index (χ4v) is 3.46. The van der Waals surface area contributed by atoms with E-state index in [1.165, 1.54) is 5.56 Å². The Morgan fingerprint density at radius 1 is 1.35 bits per heavy atom. The first kappa shape index (κ1) is 15.7. The number of hydrogen-bond acceptors (Lipinski definition) is 3. The first-order valence-corrected chi connectivity index (χ1v) is 8.09. The number of nitrogens with one attached hydrogen (secondary N) is 1. The van der Waals surface area contributed by atoms with Crippen LogP contribution in [0.2, 0.25) is 0 Å². The second-order valence-corrected chi connectivity index (χ2v) is 6.53. The van der Waals surface area contributed by atoms with Crippen molar-refractivity contribution in [2.24, 2.45) is 5.84 Å². The standard InChI is InChI=1S/C14H18Br2N4/c1-3-4-20-14(12(16)8-18-20)13(19-17)10-5-9(2)6-11(15)7-10/h5-8,13,19H,3-4,17H2,1-2H3. The summed E-state index contributed by atoms with van der Waals surface area (Å²) in [5.74, 6) is 5.80. The van der Waals surface area contributed by atoms with Gasteiger partial charge in [0.05, 0.1) is 22.4 Å². The van der Waals surface area contributed by atoms with Crippen LogP contribution in [-0.4, -0.2) is 9.78 Å². The first-order valence-electron chi connectivity index (χ1n) is 6.51. The van der Waals surface area contributed by atoms with Gasteiger partial charge in [0.1, 0.15) is 0 Å². The van der Waals surface area contributed by atoms with Gasteiger partial charge in [-0.1, -0.05) is 28.9 Å². The molecule has 0 bridgehead atoms. The van der Waals surface area contributed by atoms with Crippen LogP contribution in [0, 0.1) is 6.92 Å². The maximum absolute atomic E-state index is 5.80. The van der Waals surface area contributed by atoms with Crippen LogP contribution < -0.4 is 11.3 Å². The normalized spacial score (nSPS) is 12.7. The Bertz CT molecular complexity index is 575. The molecule has 0 aliphatic heterocycles. The lowest BCUT2D eigenvalue weighted by molar-refractivity contribution is 0.519. The summed E-state index contributed by atoms with van der Waals surface area (Å²) in [6, 6.07) is 6.18. The Labute approximate surface area is 136 Å². The van der Waals surface area contributed by atoms with Crippen molar-refractivity contribution in [2.75, 3.05) is 0 Å². The Kier molecular flexibility index (Phi) is 5.37. The van der Waals surface area contributed by atoms with Crippen molar-refractivity contribution in [3.63, 3.8) is 0 Å². The second-order valence-electron chi connectivity index (χ2n) is 4.76. The average molecular weight is 402 g/mol. The molecule has 1 unspecified atom stereocenters. The van der Waals surface area contributed by atoms with Gasteiger partial charge in [0.15, 0.2) is 0 Å². The number of rotatable bonds is 5. The summed E-state index contributed by atoms with van der Waals surface area (Å²) in [5.41, 5.74) is 6.25. The predicted octanol–water partition coefficient (Wildman–Crippen LogP) is 3.68. The summed E-state index contributed by atoms with van der Waals surface area (Å²) in [6.45, 7) is 5.07. The molecule has 0 aliphatic rings. The number of halogens is 2. The van der Waals surface area contributed by atoms with Crippen LogP contribution in [0.5, 0.6) is 0 Å². The molecule has 4 nitrogen and oxygen atoms in total. The summed E-state index contributed by atoms with van der Waals surface area (Å²) >= 11 is 7.11. The van der Waals surface area contributed by atoms with Gasteiger partial charge < -0.3 is 0 Å². The quantitative estimate of drug-likeness (QED) is 0.593. The number of benzene rings is 1. The van der Waals surface area contributed by atoms with Gasteiger partial charge >= 0.3 is 0 Å². The molecule has 0 radical (unpaired) electrons. The van der Waals surface area contributed by atoms with Crippen molar-refractivity contribution in [1.29, 1.82) is 0 Å². The van der Waals surface area contributed by atoms with Crippen LogP contribution in [0.4, 0.5) is 0 Å². The van der Waals surface area contributed by atoms with Gasteiger partial charge in [0.25, 0.3) is 0 Å². The van der Waals surface area contributed by atoms with E-state index < -0.39 is 0 Å². The molecule has 108 valence electrons. The molecule has 0 aliphatic carbocycles. The molecule has 2 aromatic rings. The van der Waals surface area contributed by atoms with E-state index in [4.69, 9.17) is 5.84 Å². The second kappa shape index (κ2) is 6.85. The molecule has 0 fully saturated rings. The number of hydrogen-bond donors (Lipinski definition) is 2. The molecular formula is C14H18Br2N4. The molecule has 0 saturated carbocycles. The molecule has 1 heterocycles. The minimum absolute atomic E-state index is 0.102. The Balaban J connectivity index is 2.49. The van der Waals surface area contributed by atoms with E-state index in [-0.39, 0.29) is 6.04 Å². The smallest absolute Gasteiger partial charge is 0.0890 e. The zero-order valence-corrected chi connectivity index (χ0v) is 14.7. The Morgan fingerprint density at radius 2 is 2.10 bits per heavy atom. The van der Waals surface area contributed by atoms with Crippen LogP contribution in [0.25, 0.3) is 0 Å². The SMILES string of the molecule is CCCn1ncc(Br)c1C(NN)c1cc(C)cc(Br)c1. The summed E-state index contributed by atoms with van der Waals surface area (Å²) in [7, 11) is 0. The van der Waals surface area contributed by atoms with E-state index >= 15 is 0 Å². The summed E-state index contributed by atoms with van der Waals surface area (Å²) in [5, 5.41) is 4.41. The molecule has 2 rings (SSSR count). The number of nitrogens with zero attached hydrogens (tertiary/aromatic N) is 2. The summed E-state index contributed by atoms with van der Waals surface area (Å²) < 4.78 is 4.00. The van der Waals surface area contributed by atoms with Gasteiger partial charge in [-0.25, -0.2) is 5.43 Å². The van der Waals surface area contributed by atoms with Gasteiger partial charge in [-0.3, -0.25) is 10.5 Å². The largest absolute Gasteiger partial charge is 0.271 e. The number of nitrogens with two attached hydrogens (primary N) is 1. The zero-order chi connectivity index (χ0) is 14.7. The summed E-state index contributed by atoms with van der Waals surface area (Å²) in [6.07, 6.45) is 2.84. The zero-order valence-electron chi connectivity index (χ0n) is 11.5.